The van der Waals surface area contributed by atoms with E-state index < -0.39 is 0 Å². The lowest BCUT2D eigenvalue weighted by atomic mass is 9.79. The van der Waals surface area contributed by atoms with Crippen molar-refractivity contribution >= 4 is 0 Å². The van der Waals surface area contributed by atoms with Crippen molar-refractivity contribution in [2.24, 2.45) is 5.92 Å². The predicted octanol–water partition coefficient (Wildman–Crippen LogP) is 1.96. The third kappa shape index (κ3) is 2.51. The zero-order valence-corrected chi connectivity index (χ0v) is 11.2. The fourth-order valence-electron chi connectivity index (χ4n) is 2.50. The summed E-state index contributed by atoms with van der Waals surface area (Å²) in [4.78, 5) is 4.60. The number of rotatable bonds is 6. The van der Waals surface area contributed by atoms with Crippen LogP contribution in [0, 0.1) is 5.92 Å². The number of nitrogens with one attached hydrogen (secondary N) is 1. The van der Waals surface area contributed by atoms with Crippen LogP contribution >= 0.6 is 0 Å². The summed E-state index contributed by atoms with van der Waals surface area (Å²) < 4.78 is 2.20. The van der Waals surface area contributed by atoms with Crippen LogP contribution in [0.5, 0.6) is 0 Å². The molecular weight excluding hydrogens is 212 g/mol. The molecule has 4 nitrogen and oxygen atoms in total. The molecule has 1 saturated carbocycles. The molecule has 0 spiro atoms. The zero-order valence-electron chi connectivity index (χ0n) is 11.2. The summed E-state index contributed by atoms with van der Waals surface area (Å²) in [5.41, 5.74) is 0. The first kappa shape index (κ1) is 12.6. The maximum Gasteiger partial charge on any atom is 0.150 e. The van der Waals surface area contributed by atoms with Crippen LogP contribution in [-0.4, -0.2) is 27.9 Å². The minimum atomic E-state index is 0.580. The summed E-state index contributed by atoms with van der Waals surface area (Å²) in [6.07, 6.45) is 4.50. The molecular formula is C13H24N4. The van der Waals surface area contributed by atoms with E-state index in [-0.39, 0.29) is 0 Å². The Morgan fingerprint density at radius 1 is 1.24 bits per heavy atom. The SMILES string of the molecule is CCNCC1CCC1n1nc(CC)nc1CC. The van der Waals surface area contributed by atoms with E-state index in [1.807, 2.05) is 0 Å². The summed E-state index contributed by atoms with van der Waals surface area (Å²) in [6.45, 7) is 8.62. The van der Waals surface area contributed by atoms with Gasteiger partial charge in [-0.05, 0) is 31.8 Å². The maximum atomic E-state index is 4.66. The van der Waals surface area contributed by atoms with E-state index in [4.69, 9.17) is 0 Å². The Morgan fingerprint density at radius 2 is 2.06 bits per heavy atom. The summed E-state index contributed by atoms with van der Waals surface area (Å²) in [7, 11) is 0. The number of aromatic nitrogens is 3. The normalized spacial score (nSPS) is 23.7. The average molecular weight is 236 g/mol. The molecule has 0 radical (unpaired) electrons. The van der Waals surface area contributed by atoms with Crippen molar-refractivity contribution in [2.75, 3.05) is 13.1 Å². The molecule has 0 saturated heterocycles. The van der Waals surface area contributed by atoms with Crippen molar-refractivity contribution in [3.8, 4) is 0 Å². The van der Waals surface area contributed by atoms with Crippen LogP contribution in [0.4, 0.5) is 0 Å². The van der Waals surface area contributed by atoms with E-state index in [0.29, 0.717) is 6.04 Å². The predicted molar refractivity (Wildman–Crippen MR) is 69.1 cm³/mol. The van der Waals surface area contributed by atoms with Gasteiger partial charge in [0.2, 0.25) is 0 Å². The number of nitrogens with zero attached hydrogens (tertiary/aromatic N) is 3. The monoisotopic (exact) mass is 236 g/mol. The summed E-state index contributed by atoms with van der Waals surface area (Å²) in [6, 6.07) is 0.580. The second-order valence-electron chi connectivity index (χ2n) is 4.81. The lowest BCUT2D eigenvalue weighted by molar-refractivity contribution is 0.159. The van der Waals surface area contributed by atoms with Crippen LogP contribution in [0.15, 0.2) is 0 Å². The van der Waals surface area contributed by atoms with Gasteiger partial charge in [0.1, 0.15) is 5.82 Å². The van der Waals surface area contributed by atoms with Crippen molar-refractivity contribution in [1.82, 2.24) is 20.1 Å². The Bertz CT molecular complexity index is 358. The van der Waals surface area contributed by atoms with Crippen LogP contribution in [0.25, 0.3) is 0 Å². The highest BCUT2D eigenvalue weighted by atomic mass is 15.4. The van der Waals surface area contributed by atoms with Gasteiger partial charge in [-0.15, -0.1) is 0 Å². The second-order valence-corrected chi connectivity index (χ2v) is 4.81. The molecule has 0 bridgehead atoms. The molecule has 4 heteroatoms. The topological polar surface area (TPSA) is 42.7 Å². The van der Waals surface area contributed by atoms with Crippen molar-refractivity contribution in [3.63, 3.8) is 0 Å². The number of hydrogen-bond donors (Lipinski definition) is 1. The van der Waals surface area contributed by atoms with Crippen LogP contribution in [0.2, 0.25) is 0 Å². The molecule has 0 aromatic carbocycles. The highest BCUT2D eigenvalue weighted by Crippen LogP contribution is 2.38. The van der Waals surface area contributed by atoms with Gasteiger partial charge in [-0.3, -0.25) is 0 Å². The van der Waals surface area contributed by atoms with Crippen molar-refractivity contribution in [2.45, 2.75) is 52.5 Å². The van der Waals surface area contributed by atoms with Gasteiger partial charge in [0, 0.05) is 12.8 Å². The molecule has 17 heavy (non-hydrogen) atoms. The third-order valence-corrected chi connectivity index (χ3v) is 3.73. The van der Waals surface area contributed by atoms with Gasteiger partial charge in [0.05, 0.1) is 6.04 Å². The van der Waals surface area contributed by atoms with E-state index in [0.717, 1.165) is 43.5 Å². The molecule has 2 atom stereocenters. The lowest BCUT2D eigenvalue weighted by Gasteiger charge is -2.37. The van der Waals surface area contributed by atoms with Crippen molar-refractivity contribution < 1.29 is 0 Å². The van der Waals surface area contributed by atoms with Crippen LogP contribution in [-0.2, 0) is 12.8 Å². The minimum absolute atomic E-state index is 0.580. The molecule has 1 aliphatic rings. The Balaban J connectivity index is 2.08. The molecule has 96 valence electrons. The van der Waals surface area contributed by atoms with Gasteiger partial charge in [-0.1, -0.05) is 20.8 Å². The van der Waals surface area contributed by atoms with Gasteiger partial charge in [-0.25, -0.2) is 9.67 Å². The largest absolute Gasteiger partial charge is 0.317 e. The first-order valence-electron chi connectivity index (χ1n) is 6.95. The Labute approximate surface area is 104 Å². The summed E-state index contributed by atoms with van der Waals surface area (Å²) in [5, 5.41) is 8.10. The van der Waals surface area contributed by atoms with Crippen LogP contribution in [0.1, 0.15) is 51.3 Å². The summed E-state index contributed by atoms with van der Waals surface area (Å²) >= 11 is 0. The molecule has 1 aliphatic carbocycles. The van der Waals surface area contributed by atoms with E-state index in [1.54, 1.807) is 0 Å². The molecule has 0 amide bonds. The zero-order chi connectivity index (χ0) is 12.3. The molecule has 2 unspecified atom stereocenters. The van der Waals surface area contributed by atoms with Crippen LogP contribution in [0.3, 0.4) is 0 Å². The van der Waals surface area contributed by atoms with Crippen LogP contribution < -0.4 is 5.32 Å². The fourth-order valence-corrected chi connectivity index (χ4v) is 2.50. The Hall–Kier alpha value is -0.900. The molecule has 1 aromatic rings. The van der Waals surface area contributed by atoms with Gasteiger partial charge < -0.3 is 5.32 Å². The quantitative estimate of drug-likeness (QED) is 0.821. The molecule has 1 fully saturated rings. The Morgan fingerprint density at radius 3 is 2.59 bits per heavy atom. The number of hydrogen-bond acceptors (Lipinski definition) is 3. The van der Waals surface area contributed by atoms with Gasteiger partial charge >= 0.3 is 0 Å². The highest BCUT2D eigenvalue weighted by molar-refractivity contribution is 4.98. The number of aryl methyl sites for hydroxylation is 2. The van der Waals surface area contributed by atoms with E-state index >= 15 is 0 Å². The second kappa shape index (κ2) is 5.63. The molecule has 2 rings (SSSR count). The van der Waals surface area contributed by atoms with E-state index in [9.17, 15) is 0 Å². The average Bonchev–Trinajstić information content (AvgIpc) is 2.71. The standard InChI is InChI=1S/C13H24N4/c1-4-12-15-13(5-2)17(16-12)11-8-7-10(11)9-14-6-3/h10-11,14H,4-9H2,1-3H3. The minimum Gasteiger partial charge on any atom is -0.317 e. The molecule has 0 aliphatic heterocycles. The molecule has 1 N–H and O–H groups in total. The fraction of sp³-hybridized carbons (Fsp3) is 0.846. The third-order valence-electron chi connectivity index (χ3n) is 3.73. The lowest BCUT2D eigenvalue weighted by Crippen LogP contribution is -2.38. The van der Waals surface area contributed by atoms with E-state index in [1.165, 1.54) is 12.8 Å². The molecule has 1 aromatic heterocycles. The maximum absolute atomic E-state index is 4.66. The van der Waals surface area contributed by atoms with E-state index in [2.05, 4.69) is 40.9 Å². The first-order chi connectivity index (χ1) is 8.30. The van der Waals surface area contributed by atoms with Gasteiger partial charge in [-0.2, -0.15) is 5.10 Å². The Kier molecular flexibility index (Phi) is 4.15. The van der Waals surface area contributed by atoms with Gasteiger partial charge in [0.25, 0.3) is 0 Å². The smallest absolute Gasteiger partial charge is 0.150 e. The van der Waals surface area contributed by atoms with Crippen molar-refractivity contribution in [3.05, 3.63) is 11.6 Å². The molecule has 1 heterocycles. The van der Waals surface area contributed by atoms with Gasteiger partial charge in [0.15, 0.2) is 5.82 Å². The summed E-state index contributed by atoms with van der Waals surface area (Å²) in [5.74, 6) is 2.90. The highest BCUT2D eigenvalue weighted by Gasteiger charge is 2.34. The van der Waals surface area contributed by atoms with Crippen molar-refractivity contribution in [1.29, 1.82) is 0 Å². The first-order valence-corrected chi connectivity index (χ1v) is 6.95.